The summed E-state index contributed by atoms with van der Waals surface area (Å²) in [6.45, 7) is 4.26. The van der Waals surface area contributed by atoms with Crippen LogP contribution in [-0.4, -0.2) is 30.8 Å². The summed E-state index contributed by atoms with van der Waals surface area (Å²) < 4.78 is 28.1. The molecule has 0 bridgehead atoms. The molecule has 0 aliphatic carbocycles. The molecule has 3 rings (SSSR count). The van der Waals surface area contributed by atoms with Crippen molar-refractivity contribution in [2.24, 2.45) is 0 Å². The molecular weight excluding hydrogens is 384 g/mol. The first-order valence-corrected chi connectivity index (χ1v) is 9.68. The van der Waals surface area contributed by atoms with Crippen LogP contribution < -0.4 is 4.90 Å². The molecule has 0 saturated carbocycles. The lowest BCUT2D eigenvalue weighted by atomic mass is 10.1. The molecule has 148 valence electrons. The molecular formula is C21H22ClF2N3O. The van der Waals surface area contributed by atoms with Crippen molar-refractivity contribution in [2.45, 2.75) is 32.4 Å². The summed E-state index contributed by atoms with van der Waals surface area (Å²) in [4.78, 5) is 7.70. The maximum atomic E-state index is 14.3. The topological polar surface area (TPSA) is 39.5 Å². The predicted octanol–water partition coefficient (Wildman–Crippen LogP) is 4.91. The quantitative estimate of drug-likeness (QED) is 0.684. The normalized spacial score (nSPS) is 17.3. The van der Waals surface area contributed by atoms with Crippen LogP contribution in [0.1, 0.15) is 30.9 Å². The first kappa shape index (κ1) is 20.5. The fraction of sp³-hybridized carbons (Fsp3) is 0.381. The number of anilines is 1. The van der Waals surface area contributed by atoms with Crippen molar-refractivity contribution < 1.29 is 13.6 Å². The van der Waals surface area contributed by atoms with Crippen molar-refractivity contribution in [1.82, 2.24) is 5.06 Å². The Morgan fingerprint density at radius 3 is 2.86 bits per heavy atom. The molecule has 0 aromatic heterocycles. The van der Waals surface area contributed by atoms with Crippen LogP contribution in [0.25, 0.3) is 0 Å². The highest BCUT2D eigenvalue weighted by Gasteiger charge is 2.27. The molecule has 1 fully saturated rings. The van der Waals surface area contributed by atoms with Gasteiger partial charge >= 0.3 is 0 Å². The smallest absolute Gasteiger partial charge is 0.163 e. The summed E-state index contributed by atoms with van der Waals surface area (Å²) in [5.74, 6) is -1.71. The number of nitriles is 1. The second-order valence-corrected chi connectivity index (χ2v) is 7.19. The Morgan fingerprint density at radius 1 is 1.32 bits per heavy atom. The average molecular weight is 406 g/mol. The van der Waals surface area contributed by atoms with E-state index in [1.807, 2.05) is 16.0 Å². The van der Waals surface area contributed by atoms with Gasteiger partial charge in [-0.15, -0.1) is 0 Å². The Hall–Kier alpha value is -2.20. The van der Waals surface area contributed by atoms with Gasteiger partial charge in [0.1, 0.15) is 6.07 Å². The zero-order valence-electron chi connectivity index (χ0n) is 15.7. The molecule has 0 amide bonds. The molecule has 2 aromatic rings. The van der Waals surface area contributed by atoms with Gasteiger partial charge in [-0.3, -0.25) is 4.84 Å². The van der Waals surface area contributed by atoms with E-state index in [1.54, 1.807) is 24.3 Å². The Bertz CT molecular complexity index is 869. The third-order valence-electron chi connectivity index (χ3n) is 4.83. The maximum absolute atomic E-state index is 14.3. The summed E-state index contributed by atoms with van der Waals surface area (Å²) in [7, 11) is 0. The van der Waals surface area contributed by atoms with Gasteiger partial charge in [-0.1, -0.05) is 30.7 Å². The van der Waals surface area contributed by atoms with Crippen LogP contribution >= 0.6 is 11.6 Å². The van der Waals surface area contributed by atoms with Crippen LogP contribution in [0, 0.1) is 23.0 Å². The third kappa shape index (κ3) is 4.61. The first-order valence-electron chi connectivity index (χ1n) is 9.30. The summed E-state index contributed by atoms with van der Waals surface area (Å²) in [6, 6.07) is 11.4. The number of hydrogen-bond donors (Lipinski definition) is 0. The third-order valence-corrected chi connectivity index (χ3v) is 5.14. The Morgan fingerprint density at radius 2 is 2.14 bits per heavy atom. The predicted molar refractivity (Wildman–Crippen MR) is 105 cm³/mol. The molecule has 0 unspecified atom stereocenters. The zero-order chi connectivity index (χ0) is 20.1. The standard InChI is InChI=1S/C21H22ClF2N3O/c1-2-9-26-14-18(8-10-28-26)27(13-16-4-3-5-20(23)21(16)24)17-7-6-15(12-25)19(22)11-17/h3-7,11,18H,2,8-10,13-14H2,1H3/t18-/m0/s1. The van der Waals surface area contributed by atoms with Gasteiger partial charge in [0.15, 0.2) is 11.6 Å². The minimum absolute atomic E-state index is 0.0342. The SMILES string of the molecule is CCCN1C[C@@H](N(Cc2cccc(F)c2F)c2ccc(C#N)c(Cl)c2)CCO1. The van der Waals surface area contributed by atoms with E-state index in [0.717, 1.165) is 31.1 Å². The Kier molecular flexibility index (Phi) is 6.84. The Labute approximate surface area is 168 Å². The highest BCUT2D eigenvalue weighted by Crippen LogP contribution is 2.29. The van der Waals surface area contributed by atoms with E-state index in [-0.39, 0.29) is 18.2 Å². The van der Waals surface area contributed by atoms with Crippen LogP contribution in [0.4, 0.5) is 14.5 Å². The fourth-order valence-electron chi connectivity index (χ4n) is 3.42. The number of halogens is 3. The maximum Gasteiger partial charge on any atom is 0.163 e. The lowest BCUT2D eigenvalue weighted by molar-refractivity contribution is -0.185. The van der Waals surface area contributed by atoms with E-state index in [9.17, 15) is 8.78 Å². The van der Waals surface area contributed by atoms with Crippen LogP contribution in [0.2, 0.25) is 5.02 Å². The molecule has 1 aliphatic heterocycles. The van der Waals surface area contributed by atoms with E-state index in [0.29, 0.717) is 23.7 Å². The van der Waals surface area contributed by atoms with Crippen LogP contribution in [0.5, 0.6) is 0 Å². The van der Waals surface area contributed by atoms with E-state index < -0.39 is 11.6 Å². The van der Waals surface area contributed by atoms with E-state index >= 15 is 0 Å². The number of benzene rings is 2. The van der Waals surface area contributed by atoms with Crippen LogP contribution in [-0.2, 0) is 11.4 Å². The van der Waals surface area contributed by atoms with Gasteiger partial charge < -0.3 is 4.90 Å². The molecule has 4 nitrogen and oxygen atoms in total. The molecule has 0 N–H and O–H groups in total. The summed E-state index contributed by atoms with van der Waals surface area (Å²) in [5, 5.41) is 11.4. The van der Waals surface area contributed by atoms with E-state index in [1.165, 1.54) is 6.07 Å². The van der Waals surface area contributed by atoms with Gasteiger partial charge in [-0.2, -0.15) is 10.3 Å². The van der Waals surface area contributed by atoms with Gasteiger partial charge in [-0.25, -0.2) is 8.78 Å². The highest BCUT2D eigenvalue weighted by molar-refractivity contribution is 6.32. The van der Waals surface area contributed by atoms with Crippen molar-refractivity contribution in [3.8, 4) is 6.07 Å². The molecule has 1 atom stereocenters. The Balaban J connectivity index is 1.95. The lowest BCUT2D eigenvalue weighted by Gasteiger charge is -2.40. The molecule has 1 aliphatic rings. The first-order chi connectivity index (χ1) is 13.5. The summed E-state index contributed by atoms with van der Waals surface area (Å²) in [6.07, 6.45) is 1.70. The molecule has 2 aromatic carbocycles. The summed E-state index contributed by atoms with van der Waals surface area (Å²) in [5.41, 5.74) is 1.41. The van der Waals surface area contributed by atoms with Gasteiger partial charge in [0.05, 0.1) is 17.2 Å². The molecule has 1 saturated heterocycles. The molecule has 1 heterocycles. The van der Waals surface area contributed by atoms with Crippen molar-refractivity contribution in [3.05, 3.63) is 64.2 Å². The summed E-state index contributed by atoms with van der Waals surface area (Å²) >= 11 is 6.23. The molecule has 7 heteroatoms. The second-order valence-electron chi connectivity index (χ2n) is 6.78. The average Bonchev–Trinajstić information content (AvgIpc) is 2.69. The van der Waals surface area contributed by atoms with Crippen molar-refractivity contribution in [2.75, 3.05) is 24.6 Å². The number of hydroxylamine groups is 2. The molecule has 0 radical (unpaired) electrons. The van der Waals surface area contributed by atoms with Gasteiger partial charge in [-0.05, 0) is 37.1 Å². The second kappa shape index (κ2) is 9.33. The molecule has 0 spiro atoms. The fourth-order valence-corrected chi connectivity index (χ4v) is 3.63. The molecule has 28 heavy (non-hydrogen) atoms. The minimum Gasteiger partial charge on any atom is -0.363 e. The zero-order valence-corrected chi connectivity index (χ0v) is 16.4. The van der Waals surface area contributed by atoms with Crippen LogP contribution in [0.3, 0.4) is 0 Å². The largest absolute Gasteiger partial charge is 0.363 e. The van der Waals surface area contributed by atoms with Crippen molar-refractivity contribution in [1.29, 1.82) is 5.26 Å². The van der Waals surface area contributed by atoms with Gasteiger partial charge in [0.25, 0.3) is 0 Å². The number of hydrogen-bond acceptors (Lipinski definition) is 4. The van der Waals surface area contributed by atoms with E-state index in [2.05, 4.69) is 6.92 Å². The highest BCUT2D eigenvalue weighted by atomic mass is 35.5. The van der Waals surface area contributed by atoms with Crippen molar-refractivity contribution >= 4 is 17.3 Å². The number of rotatable bonds is 6. The minimum atomic E-state index is -0.866. The monoisotopic (exact) mass is 405 g/mol. The van der Waals surface area contributed by atoms with Gasteiger partial charge in [0, 0.05) is 36.9 Å². The lowest BCUT2D eigenvalue weighted by Crippen LogP contribution is -2.48. The van der Waals surface area contributed by atoms with Crippen LogP contribution in [0.15, 0.2) is 36.4 Å². The number of nitrogens with zero attached hydrogens (tertiary/aromatic N) is 3. The van der Waals surface area contributed by atoms with Crippen molar-refractivity contribution in [3.63, 3.8) is 0 Å². The van der Waals surface area contributed by atoms with E-state index in [4.69, 9.17) is 21.7 Å². The van der Waals surface area contributed by atoms with Gasteiger partial charge in [0.2, 0.25) is 0 Å².